The Balaban J connectivity index is 2.58. The first kappa shape index (κ1) is 8.00. The van der Waals surface area contributed by atoms with Gasteiger partial charge in [0, 0.05) is 21.9 Å². The zero-order valence-electron chi connectivity index (χ0n) is 8.00. The van der Waals surface area contributed by atoms with Gasteiger partial charge in [-0.25, -0.2) is 4.98 Å². The molecule has 1 aromatic carbocycles. The molecule has 0 N–H and O–H groups in total. The summed E-state index contributed by atoms with van der Waals surface area (Å²) in [7, 11) is 0. The zero-order chi connectivity index (χ0) is 9.71. The molecule has 0 unspecified atom stereocenters. The molecule has 0 radical (unpaired) electrons. The molecule has 0 aliphatic rings. The molecule has 3 heteroatoms. The molecule has 0 saturated carbocycles. The van der Waals surface area contributed by atoms with Crippen molar-refractivity contribution in [2.45, 2.75) is 13.8 Å². The fourth-order valence-corrected chi connectivity index (χ4v) is 2.67. The Bertz CT molecular complexity index is 565. The van der Waals surface area contributed by atoms with Crippen LogP contribution in [-0.2, 0) is 0 Å². The topological polar surface area (TPSA) is 26.0 Å². The molecule has 0 saturated heterocycles. The lowest BCUT2D eigenvalue weighted by atomic mass is 10.2. The van der Waals surface area contributed by atoms with Crippen LogP contribution in [0.15, 0.2) is 22.6 Å². The van der Waals surface area contributed by atoms with Gasteiger partial charge in [-0.1, -0.05) is 0 Å². The molecule has 2 nitrogen and oxygen atoms in total. The summed E-state index contributed by atoms with van der Waals surface area (Å²) in [5, 5.41) is 1.21. The summed E-state index contributed by atoms with van der Waals surface area (Å²) in [6.45, 7) is 3.99. The SMILES string of the molecule is Cc1nc2c(ccc3sc(C)cc32)o1. The Labute approximate surface area is 85.2 Å². The van der Waals surface area contributed by atoms with E-state index in [0.717, 1.165) is 17.0 Å². The minimum atomic E-state index is 0.733. The van der Waals surface area contributed by atoms with Gasteiger partial charge in [-0.3, -0.25) is 0 Å². The quantitative estimate of drug-likeness (QED) is 0.557. The van der Waals surface area contributed by atoms with Crippen LogP contribution in [0.25, 0.3) is 21.2 Å². The summed E-state index contributed by atoms with van der Waals surface area (Å²) in [4.78, 5) is 5.71. The summed E-state index contributed by atoms with van der Waals surface area (Å²) in [5.74, 6) is 0.733. The van der Waals surface area contributed by atoms with E-state index < -0.39 is 0 Å². The number of aromatic nitrogens is 1. The first-order valence-electron chi connectivity index (χ1n) is 4.50. The number of nitrogens with zero attached hydrogens (tertiary/aromatic N) is 1. The Kier molecular flexibility index (Phi) is 1.47. The third-order valence-electron chi connectivity index (χ3n) is 2.29. The van der Waals surface area contributed by atoms with Crippen LogP contribution >= 0.6 is 11.3 Å². The molecule has 0 bridgehead atoms. The number of aryl methyl sites for hydroxylation is 2. The monoisotopic (exact) mass is 203 g/mol. The van der Waals surface area contributed by atoms with Crippen LogP contribution in [0, 0.1) is 13.8 Å². The highest BCUT2D eigenvalue weighted by molar-refractivity contribution is 7.19. The van der Waals surface area contributed by atoms with Crippen LogP contribution in [0.2, 0.25) is 0 Å². The third kappa shape index (κ3) is 0.990. The molecule has 3 aromatic rings. The second-order valence-electron chi connectivity index (χ2n) is 3.41. The second kappa shape index (κ2) is 2.58. The number of benzene rings is 1. The summed E-state index contributed by atoms with van der Waals surface area (Å²) in [5.41, 5.74) is 1.87. The summed E-state index contributed by atoms with van der Waals surface area (Å²) < 4.78 is 6.76. The highest BCUT2D eigenvalue weighted by Gasteiger charge is 2.08. The van der Waals surface area contributed by atoms with Crippen molar-refractivity contribution in [1.82, 2.24) is 4.98 Å². The smallest absolute Gasteiger partial charge is 0.192 e. The average Bonchev–Trinajstić information content (AvgIpc) is 2.65. The van der Waals surface area contributed by atoms with Crippen molar-refractivity contribution in [1.29, 1.82) is 0 Å². The van der Waals surface area contributed by atoms with Crippen molar-refractivity contribution in [2.24, 2.45) is 0 Å². The predicted octanol–water partition coefficient (Wildman–Crippen LogP) is 3.66. The highest BCUT2D eigenvalue weighted by atomic mass is 32.1. The molecule has 2 heterocycles. The molecule has 0 atom stereocenters. The second-order valence-corrected chi connectivity index (χ2v) is 4.70. The van der Waals surface area contributed by atoms with Crippen molar-refractivity contribution < 1.29 is 4.42 Å². The number of fused-ring (bicyclic) bond motifs is 3. The van der Waals surface area contributed by atoms with Crippen LogP contribution in [0.5, 0.6) is 0 Å². The fourth-order valence-electron chi connectivity index (χ4n) is 1.74. The van der Waals surface area contributed by atoms with E-state index in [-0.39, 0.29) is 0 Å². The van der Waals surface area contributed by atoms with Crippen LogP contribution in [0.4, 0.5) is 0 Å². The van der Waals surface area contributed by atoms with Crippen LogP contribution in [-0.4, -0.2) is 4.98 Å². The van der Waals surface area contributed by atoms with Gasteiger partial charge < -0.3 is 4.42 Å². The van der Waals surface area contributed by atoms with Gasteiger partial charge >= 0.3 is 0 Å². The van der Waals surface area contributed by atoms with E-state index >= 15 is 0 Å². The fraction of sp³-hybridized carbons (Fsp3) is 0.182. The van der Waals surface area contributed by atoms with Gasteiger partial charge in [-0.05, 0) is 25.1 Å². The maximum absolute atomic E-state index is 5.48. The number of oxazole rings is 1. The Morgan fingerprint density at radius 2 is 2.14 bits per heavy atom. The van der Waals surface area contributed by atoms with Gasteiger partial charge in [0.1, 0.15) is 5.52 Å². The number of hydrogen-bond donors (Lipinski definition) is 0. The lowest BCUT2D eigenvalue weighted by Gasteiger charge is -1.87. The minimum Gasteiger partial charge on any atom is -0.441 e. The first-order chi connectivity index (χ1) is 6.74. The van der Waals surface area contributed by atoms with Crippen molar-refractivity contribution >= 4 is 32.5 Å². The van der Waals surface area contributed by atoms with Gasteiger partial charge in [-0.2, -0.15) is 0 Å². The van der Waals surface area contributed by atoms with Crippen molar-refractivity contribution in [3.05, 3.63) is 29.0 Å². The summed E-state index contributed by atoms with van der Waals surface area (Å²) in [6.07, 6.45) is 0. The molecule has 0 amide bonds. The minimum absolute atomic E-state index is 0.733. The van der Waals surface area contributed by atoms with E-state index in [4.69, 9.17) is 4.42 Å². The normalized spacial score (nSPS) is 11.6. The maximum atomic E-state index is 5.48. The first-order valence-corrected chi connectivity index (χ1v) is 5.32. The van der Waals surface area contributed by atoms with E-state index in [2.05, 4.69) is 24.0 Å². The molecule has 3 rings (SSSR count). The van der Waals surface area contributed by atoms with Crippen LogP contribution in [0.1, 0.15) is 10.8 Å². The molecule has 0 aliphatic carbocycles. The lowest BCUT2D eigenvalue weighted by molar-refractivity contribution is 0.561. The molecule has 0 aliphatic heterocycles. The van der Waals surface area contributed by atoms with E-state index in [9.17, 15) is 0 Å². The molecule has 0 spiro atoms. The largest absolute Gasteiger partial charge is 0.441 e. The number of hydrogen-bond acceptors (Lipinski definition) is 3. The predicted molar refractivity (Wildman–Crippen MR) is 58.9 cm³/mol. The molecule has 14 heavy (non-hydrogen) atoms. The average molecular weight is 203 g/mol. The Morgan fingerprint density at radius 1 is 1.29 bits per heavy atom. The van der Waals surface area contributed by atoms with E-state index in [1.54, 1.807) is 11.3 Å². The van der Waals surface area contributed by atoms with Crippen molar-refractivity contribution in [3.8, 4) is 0 Å². The lowest BCUT2D eigenvalue weighted by Crippen LogP contribution is -1.69. The molecule has 0 fully saturated rings. The Morgan fingerprint density at radius 3 is 3.00 bits per heavy atom. The maximum Gasteiger partial charge on any atom is 0.192 e. The van der Waals surface area contributed by atoms with Gasteiger partial charge in [0.05, 0.1) is 0 Å². The molecular weight excluding hydrogens is 194 g/mol. The molecule has 70 valence electrons. The standard InChI is InChI=1S/C11H9NOS/c1-6-5-8-10(14-6)4-3-9-11(8)12-7(2)13-9/h3-5H,1-2H3. The third-order valence-corrected chi connectivity index (χ3v) is 3.30. The van der Waals surface area contributed by atoms with Crippen molar-refractivity contribution in [2.75, 3.05) is 0 Å². The van der Waals surface area contributed by atoms with E-state index in [0.29, 0.717) is 0 Å². The van der Waals surface area contributed by atoms with E-state index in [1.807, 2.05) is 13.0 Å². The summed E-state index contributed by atoms with van der Waals surface area (Å²) in [6, 6.07) is 6.26. The molecule has 2 aromatic heterocycles. The van der Waals surface area contributed by atoms with Gasteiger partial charge in [-0.15, -0.1) is 11.3 Å². The molecular formula is C11H9NOS. The van der Waals surface area contributed by atoms with Gasteiger partial charge in [0.15, 0.2) is 11.5 Å². The number of thiophene rings is 1. The zero-order valence-corrected chi connectivity index (χ0v) is 8.81. The summed E-state index contributed by atoms with van der Waals surface area (Å²) >= 11 is 1.79. The highest BCUT2D eigenvalue weighted by Crippen LogP contribution is 2.31. The van der Waals surface area contributed by atoms with Gasteiger partial charge in [0.2, 0.25) is 0 Å². The van der Waals surface area contributed by atoms with Crippen LogP contribution < -0.4 is 0 Å². The van der Waals surface area contributed by atoms with Crippen molar-refractivity contribution in [3.63, 3.8) is 0 Å². The van der Waals surface area contributed by atoms with Crippen LogP contribution in [0.3, 0.4) is 0 Å². The van der Waals surface area contributed by atoms with Gasteiger partial charge in [0.25, 0.3) is 0 Å². The number of rotatable bonds is 0. The van der Waals surface area contributed by atoms with E-state index in [1.165, 1.54) is 15.0 Å². The Hall–Kier alpha value is -1.35.